The van der Waals surface area contributed by atoms with Crippen molar-refractivity contribution in [3.05, 3.63) is 48.0 Å². The van der Waals surface area contributed by atoms with Crippen LogP contribution < -0.4 is 19.7 Å². The van der Waals surface area contributed by atoms with E-state index in [1.54, 1.807) is 0 Å². The van der Waals surface area contributed by atoms with Crippen LogP contribution in [0.1, 0.15) is 31.2 Å². The molecule has 160 valence electrons. The van der Waals surface area contributed by atoms with E-state index in [0.717, 1.165) is 35.8 Å². The molecule has 0 atom stereocenters. The maximum absolute atomic E-state index is 12.5. The van der Waals surface area contributed by atoms with Crippen molar-refractivity contribution in [3.8, 4) is 11.5 Å². The molecule has 0 aliphatic carbocycles. The zero-order chi connectivity index (χ0) is 20.8. The summed E-state index contributed by atoms with van der Waals surface area (Å²) in [7, 11) is 1.94. The summed E-state index contributed by atoms with van der Waals surface area (Å²) in [5, 5.41) is 3.01. The van der Waals surface area contributed by atoms with E-state index in [0.29, 0.717) is 26.3 Å². The van der Waals surface area contributed by atoms with Crippen LogP contribution in [0, 0.1) is 0 Å². The molecule has 0 unspecified atom stereocenters. The first-order valence-electron chi connectivity index (χ1n) is 10.9. The number of nitrogens with zero attached hydrogens (tertiary/aromatic N) is 2. The molecule has 30 heavy (non-hydrogen) atoms. The van der Waals surface area contributed by atoms with Crippen molar-refractivity contribution in [1.82, 2.24) is 4.90 Å². The van der Waals surface area contributed by atoms with Gasteiger partial charge in [0, 0.05) is 31.0 Å². The molecule has 1 fully saturated rings. The third-order valence-corrected chi connectivity index (χ3v) is 5.59. The van der Waals surface area contributed by atoms with Crippen molar-refractivity contribution in [2.24, 2.45) is 0 Å². The average molecular weight is 410 g/mol. The molecule has 6 nitrogen and oxygen atoms in total. The van der Waals surface area contributed by atoms with Crippen LogP contribution in [0.5, 0.6) is 11.5 Å². The van der Waals surface area contributed by atoms with Gasteiger partial charge in [-0.25, -0.2) is 0 Å². The van der Waals surface area contributed by atoms with Gasteiger partial charge in [0.05, 0.1) is 6.54 Å². The summed E-state index contributed by atoms with van der Waals surface area (Å²) < 4.78 is 11.2. The summed E-state index contributed by atoms with van der Waals surface area (Å²) in [4.78, 5) is 16.9. The minimum atomic E-state index is -0.0161. The first-order chi connectivity index (χ1) is 14.7. The molecule has 4 rings (SSSR count). The molecule has 0 bridgehead atoms. The number of anilines is 2. The summed E-state index contributed by atoms with van der Waals surface area (Å²) in [5.41, 5.74) is 3.17. The van der Waals surface area contributed by atoms with Crippen LogP contribution in [-0.4, -0.2) is 50.7 Å². The molecule has 2 aliphatic rings. The third kappa shape index (κ3) is 5.45. The van der Waals surface area contributed by atoms with Gasteiger partial charge in [0.15, 0.2) is 11.5 Å². The van der Waals surface area contributed by atoms with E-state index in [1.165, 1.54) is 31.4 Å². The Kier molecular flexibility index (Phi) is 6.74. The Bertz CT molecular complexity index is 845. The molecular formula is C24H31N3O3. The first kappa shape index (κ1) is 20.5. The maximum atomic E-state index is 12.5. The summed E-state index contributed by atoms with van der Waals surface area (Å²) >= 11 is 0. The number of hydrogen-bond acceptors (Lipinski definition) is 5. The number of nitrogens with one attached hydrogen (secondary N) is 1. The summed E-state index contributed by atoms with van der Waals surface area (Å²) in [6.45, 7) is 4.39. The molecule has 2 aromatic carbocycles. The van der Waals surface area contributed by atoms with E-state index in [-0.39, 0.29) is 5.91 Å². The summed E-state index contributed by atoms with van der Waals surface area (Å²) in [6.07, 6.45) is 5.16. The Hall–Kier alpha value is -2.73. The molecule has 2 heterocycles. The highest BCUT2D eigenvalue weighted by Gasteiger charge is 2.14. The molecule has 0 aromatic heterocycles. The van der Waals surface area contributed by atoms with Crippen molar-refractivity contribution >= 4 is 17.3 Å². The van der Waals surface area contributed by atoms with Gasteiger partial charge in [-0.15, -0.1) is 0 Å². The first-order valence-corrected chi connectivity index (χ1v) is 10.9. The molecule has 1 amide bonds. The topological polar surface area (TPSA) is 54.0 Å². The lowest BCUT2D eigenvalue weighted by atomic mass is 10.2. The molecule has 1 N–H and O–H groups in total. The van der Waals surface area contributed by atoms with Crippen molar-refractivity contribution in [2.75, 3.05) is 50.1 Å². The highest BCUT2D eigenvalue weighted by Crippen LogP contribution is 2.31. The Balaban J connectivity index is 1.27. The Morgan fingerprint density at radius 1 is 0.967 bits per heavy atom. The van der Waals surface area contributed by atoms with Crippen molar-refractivity contribution < 1.29 is 14.3 Å². The fraction of sp³-hybridized carbons (Fsp3) is 0.458. The summed E-state index contributed by atoms with van der Waals surface area (Å²) in [5.74, 6) is 1.55. The van der Waals surface area contributed by atoms with Gasteiger partial charge in [0.1, 0.15) is 13.2 Å². The van der Waals surface area contributed by atoms with Gasteiger partial charge in [-0.1, -0.05) is 18.9 Å². The van der Waals surface area contributed by atoms with Crippen LogP contribution in [0.15, 0.2) is 42.5 Å². The second-order valence-corrected chi connectivity index (χ2v) is 8.15. The van der Waals surface area contributed by atoms with Gasteiger partial charge in [0.2, 0.25) is 5.91 Å². The number of likely N-dealkylation sites (N-methyl/N-ethyl adjacent to an activating group) is 1. The van der Waals surface area contributed by atoms with Crippen molar-refractivity contribution in [1.29, 1.82) is 0 Å². The largest absolute Gasteiger partial charge is 0.486 e. The van der Waals surface area contributed by atoms with Crippen LogP contribution in [0.3, 0.4) is 0 Å². The number of rotatable bonds is 6. The highest BCUT2D eigenvalue weighted by molar-refractivity contribution is 5.92. The second-order valence-electron chi connectivity index (χ2n) is 8.15. The van der Waals surface area contributed by atoms with E-state index in [1.807, 2.05) is 42.3 Å². The SMILES string of the molecule is CN(CC(=O)Nc1ccc(N2CCCCCC2)cc1)Cc1ccc2c(c1)OCCO2. The Morgan fingerprint density at radius 3 is 2.40 bits per heavy atom. The van der Waals surface area contributed by atoms with Gasteiger partial charge in [-0.3, -0.25) is 9.69 Å². The zero-order valence-corrected chi connectivity index (χ0v) is 17.7. The molecule has 1 saturated heterocycles. The van der Waals surface area contributed by atoms with E-state index >= 15 is 0 Å². The highest BCUT2D eigenvalue weighted by atomic mass is 16.6. The molecule has 0 saturated carbocycles. The number of amides is 1. The number of benzene rings is 2. The Morgan fingerprint density at radius 2 is 1.67 bits per heavy atom. The molecule has 0 spiro atoms. The van der Waals surface area contributed by atoms with Crippen LogP contribution in [-0.2, 0) is 11.3 Å². The van der Waals surface area contributed by atoms with E-state index < -0.39 is 0 Å². The predicted octanol–water partition coefficient (Wildman–Crippen LogP) is 3.91. The molecule has 0 radical (unpaired) electrons. The molecule has 2 aliphatic heterocycles. The van der Waals surface area contributed by atoms with Gasteiger partial charge in [0.25, 0.3) is 0 Å². The number of fused-ring (bicyclic) bond motifs is 1. The quantitative estimate of drug-likeness (QED) is 0.784. The third-order valence-electron chi connectivity index (χ3n) is 5.59. The van der Waals surface area contributed by atoms with Crippen LogP contribution in [0.2, 0.25) is 0 Å². The van der Waals surface area contributed by atoms with Crippen LogP contribution in [0.4, 0.5) is 11.4 Å². The lowest BCUT2D eigenvalue weighted by molar-refractivity contribution is -0.117. The number of carbonyl (C=O) groups excluding carboxylic acids is 1. The minimum absolute atomic E-state index is 0.0161. The minimum Gasteiger partial charge on any atom is -0.486 e. The van der Waals surface area contributed by atoms with E-state index in [2.05, 4.69) is 22.3 Å². The van der Waals surface area contributed by atoms with E-state index in [4.69, 9.17) is 9.47 Å². The van der Waals surface area contributed by atoms with Crippen LogP contribution in [0.25, 0.3) is 0 Å². The Labute approximate surface area is 178 Å². The molecular weight excluding hydrogens is 378 g/mol. The zero-order valence-electron chi connectivity index (χ0n) is 17.7. The van der Waals surface area contributed by atoms with Gasteiger partial charge in [-0.05, 0) is 61.9 Å². The smallest absolute Gasteiger partial charge is 0.238 e. The standard InChI is InChI=1S/C24H31N3O3/c1-26(17-19-6-11-22-23(16-19)30-15-14-29-22)18-24(28)25-20-7-9-21(10-8-20)27-12-4-2-3-5-13-27/h6-11,16H,2-5,12-15,17-18H2,1H3,(H,25,28). The lowest BCUT2D eigenvalue weighted by Gasteiger charge is -2.23. The maximum Gasteiger partial charge on any atom is 0.238 e. The number of ether oxygens (including phenoxy) is 2. The summed E-state index contributed by atoms with van der Waals surface area (Å²) in [6, 6.07) is 14.2. The number of hydrogen-bond donors (Lipinski definition) is 1. The monoisotopic (exact) mass is 409 g/mol. The van der Waals surface area contributed by atoms with Gasteiger partial charge in [-0.2, -0.15) is 0 Å². The van der Waals surface area contributed by atoms with Gasteiger partial charge >= 0.3 is 0 Å². The second kappa shape index (κ2) is 9.85. The fourth-order valence-corrected chi connectivity index (χ4v) is 4.08. The van der Waals surface area contributed by atoms with Crippen molar-refractivity contribution in [2.45, 2.75) is 32.2 Å². The van der Waals surface area contributed by atoms with E-state index in [9.17, 15) is 4.79 Å². The fourth-order valence-electron chi connectivity index (χ4n) is 4.08. The van der Waals surface area contributed by atoms with Gasteiger partial charge < -0.3 is 19.7 Å². The molecule has 2 aromatic rings. The lowest BCUT2D eigenvalue weighted by Crippen LogP contribution is -2.30. The number of carbonyl (C=O) groups is 1. The van der Waals surface area contributed by atoms with Crippen molar-refractivity contribution in [3.63, 3.8) is 0 Å². The average Bonchev–Trinajstić information content (AvgIpc) is 3.03. The predicted molar refractivity (Wildman–Crippen MR) is 120 cm³/mol. The normalized spacial score (nSPS) is 16.3. The molecule has 6 heteroatoms. The van der Waals surface area contributed by atoms with Crippen LogP contribution >= 0.6 is 0 Å².